The third kappa shape index (κ3) is 5.00. The summed E-state index contributed by atoms with van der Waals surface area (Å²) < 4.78 is 0. The highest BCUT2D eigenvalue weighted by Gasteiger charge is 2.17. The Morgan fingerprint density at radius 3 is 2.57 bits per heavy atom. The van der Waals surface area contributed by atoms with E-state index in [1.807, 2.05) is 12.1 Å². The largest absolute Gasteiger partial charge is 0.383 e. The van der Waals surface area contributed by atoms with Gasteiger partial charge in [-0.15, -0.1) is 0 Å². The normalized spacial score (nSPS) is 18.1. The van der Waals surface area contributed by atoms with Crippen LogP contribution in [0.2, 0.25) is 0 Å². The van der Waals surface area contributed by atoms with Crippen molar-refractivity contribution in [2.45, 2.75) is 13.8 Å². The summed E-state index contributed by atoms with van der Waals surface area (Å²) in [5.41, 5.74) is 1.44. The molecule has 1 unspecified atom stereocenters. The van der Waals surface area contributed by atoms with Crippen LogP contribution in [0, 0.1) is 17.2 Å². The second-order valence-electron chi connectivity index (χ2n) is 5.76. The topological polar surface area (TPSA) is 55.2 Å². The van der Waals surface area contributed by atoms with Crippen molar-refractivity contribution in [3.8, 4) is 6.07 Å². The number of pyridine rings is 1. The molecule has 114 valence electrons. The third-order valence-electron chi connectivity index (χ3n) is 4.01. The maximum absolute atomic E-state index is 8.72. The first-order chi connectivity index (χ1) is 10.2. The van der Waals surface area contributed by atoms with E-state index in [0.717, 1.165) is 25.3 Å². The van der Waals surface area contributed by atoms with Crippen molar-refractivity contribution in [3.05, 3.63) is 24.0 Å². The van der Waals surface area contributed by atoms with Crippen LogP contribution in [0.4, 0.5) is 5.69 Å². The molecule has 0 amide bonds. The summed E-state index contributed by atoms with van der Waals surface area (Å²) in [6.07, 6.45) is 1.73. The van der Waals surface area contributed by atoms with Crippen molar-refractivity contribution in [1.82, 2.24) is 14.8 Å². The third-order valence-corrected chi connectivity index (χ3v) is 4.01. The fourth-order valence-electron chi connectivity index (χ4n) is 2.65. The summed E-state index contributed by atoms with van der Waals surface area (Å²) in [6.45, 7) is 12.5. The lowest BCUT2D eigenvalue weighted by Crippen LogP contribution is -2.47. The van der Waals surface area contributed by atoms with E-state index in [9.17, 15) is 0 Å². The van der Waals surface area contributed by atoms with Crippen molar-refractivity contribution < 1.29 is 0 Å². The van der Waals surface area contributed by atoms with Crippen molar-refractivity contribution in [2.24, 2.45) is 5.92 Å². The number of nitrogens with zero attached hydrogens (tertiary/aromatic N) is 4. The number of nitriles is 1. The average Bonchev–Trinajstić information content (AvgIpc) is 2.54. The number of nitrogens with one attached hydrogen (secondary N) is 1. The number of piperazine rings is 1. The standard InChI is InChI=1S/C16H25N5/c1-3-20-6-8-21(9-7-20)13-14(2)11-18-16-5-4-15(10-17)19-12-16/h4-5,12,14,18H,3,6-9,11,13H2,1-2H3. The summed E-state index contributed by atoms with van der Waals surface area (Å²) in [5.74, 6) is 0.591. The molecule has 1 aliphatic rings. The second-order valence-corrected chi connectivity index (χ2v) is 5.76. The lowest BCUT2D eigenvalue weighted by Gasteiger charge is -2.35. The Labute approximate surface area is 127 Å². The molecule has 2 heterocycles. The van der Waals surface area contributed by atoms with Gasteiger partial charge in [0.2, 0.25) is 0 Å². The molecule has 0 radical (unpaired) electrons. The molecule has 0 saturated carbocycles. The molecule has 1 aliphatic heterocycles. The molecule has 5 nitrogen and oxygen atoms in total. The SMILES string of the molecule is CCN1CCN(CC(C)CNc2ccc(C#N)nc2)CC1. The monoisotopic (exact) mass is 287 g/mol. The van der Waals surface area contributed by atoms with Gasteiger partial charge in [0.05, 0.1) is 11.9 Å². The maximum Gasteiger partial charge on any atom is 0.140 e. The van der Waals surface area contributed by atoms with Gasteiger partial charge in [-0.2, -0.15) is 5.26 Å². The molecule has 1 N–H and O–H groups in total. The lowest BCUT2D eigenvalue weighted by atomic mass is 10.1. The van der Waals surface area contributed by atoms with Gasteiger partial charge in [-0.25, -0.2) is 4.98 Å². The molecule has 1 aromatic rings. The van der Waals surface area contributed by atoms with Gasteiger partial charge in [-0.1, -0.05) is 13.8 Å². The molecule has 1 aromatic heterocycles. The molecule has 0 aliphatic carbocycles. The van der Waals surface area contributed by atoms with Crippen LogP contribution in [-0.2, 0) is 0 Å². The highest BCUT2D eigenvalue weighted by Crippen LogP contribution is 2.09. The zero-order chi connectivity index (χ0) is 15.1. The van der Waals surface area contributed by atoms with Crippen LogP contribution < -0.4 is 5.32 Å². The Morgan fingerprint density at radius 1 is 1.29 bits per heavy atom. The van der Waals surface area contributed by atoms with Gasteiger partial charge in [-0.05, 0) is 24.6 Å². The van der Waals surface area contributed by atoms with E-state index in [2.05, 4.69) is 33.9 Å². The number of rotatable bonds is 6. The van der Waals surface area contributed by atoms with Gasteiger partial charge in [-0.3, -0.25) is 0 Å². The van der Waals surface area contributed by atoms with Gasteiger partial charge in [0, 0.05) is 39.3 Å². The molecule has 1 saturated heterocycles. The summed E-state index contributed by atoms with van der Waals surface area (Å²) in [7, 11) is 0. The van der Waals surface area contributed by atoms with Gasteiger partial charge in [0.15, 0.2) is 0 Å². The molecule has 2 rings (SSSR count). The maximum atomic E-state index is 8.72. The quantitative estimate of drug-likeness (QED) is 0.862. The van der Waals surface area contributed by atoms with Gasteiger partial charge < -0.3 is 15.1 Å². The predicted octanol–water partition coefficient (Wildman–Crippen LogP) is 1.64. The van der Waals surface area contributed by atoms with E-state index in [0.29, 0.717) is 11.6 Å². The van der Waals surface area contributed by atoms with E-state index in [1.54, 1.807) is 12.3 Å². The average molecular weight is 287 g/mol. The van der Waals surface area contributed by atoms with E-state index in [1.165, 1.54) is 26.2 Å². The summed E-state index contributed by atoms with van der Waals surface area (Å²) in [6, 6.07) is 5.69. The Kier molecular flexibility index (Phi) is 5.97. The molecule has 21 heavy (non-hydrogen) atoms. The molecule has 5 heteroatoms. The zero-order valence-electron chi connectivity index (χ0n) is 13.0. The van der Waals surface area contributed by atoms with E-state index in [-0.39, 0.29) is 0 Å². The summed E-state index contributed by atoms with van der Waals surface area (Å²) >= 11 is 0. The van der Waals surface area contributed by atoms with Crippen LogP contribution in [-0.4, -0.2) is 60.6 Å². The molecule has 1 atom stereocenters. The first-order valence-electron chi connectivity index (χ1n) is 7.76. The fraction of sp³-hybridized carbons (Fsp3) is 0.625. The number of hydrogen-bond donors (Lipinski definition) is 1. The van der Waals surface area contributed by atoms with Crippen molar-refractivity contribution in [3.63, 3.8) is 0 Å². The highest BCUT2D eigenvalue weighted by molar-refractivity contribution is 5.42. The number of likely N-dealkylation sites (N-methyl/N-ethyl adjacent to an activating group) is 1. The predicted molar refractivity (Wildman–Crippen MR) is 85.2 cm³/mol. The minimum Gasteiger partial charge on any atom is -0.383 e. The van der Waals surface area contributed by atoms with Gasteiger partial charge in [0.1, 0.15) is 11.8 Å². The zero-order valence-corrected chi connectivity index (χ0v) is 13.0. The van der Waals surface area contributed by atoms with Crippen LogP contribution in [0.5, 0.6) is 0 Å². The van der Waals surface area contributed by atoms with Crippen molar-refractivity contribution in [2.75, 3.05) is 51.1 Å². The molecular formula is C16H25N5. The Morgan fingerprint density at radius 2 is 2.00 bits per heavy atom. The Balaban J connectivity index is 1.69. The van der Waals surface area contributed by atoms with E-state index >= 15 is 0 Å². The molecular weight excluding hydrogens is 262 g/mol. The minimum absolute atomic E-state index is 0.461. The summed E-state index contributed by atoms with van der Waals surface area (Å²) in [4.78, 5) is 9.12. The van der Waals surface area contributed by atoms with Crippen molar-refractivity contribution >= 4 is 5.69 Å². The molecule has 0 aromatic carbocycles. The fourth-order valence-corrected chi connectivity index (χ4v) is 2.65. The van der Waals surface area contributed by atoms with Crippen LogP contribution in [0.3, 0.4) is 0 Å². The minimum atomic E-state index is 0.461. The number of hydrogen-bond acceptors (Lipinski definition) is 5. The second kappa shape index (κ2) is 7.96. The number of anilines is 1. The Bertz CT molecular complexity index is 457. The first-order valence-corrected chi connectivity index (χ1v) is 7.76. The van der Waals surface area contributed by atoms with Crippen molar-refractivity contribution in [1.29, 1.82) is 5.26 Å². The first kappa shape index (κ1) is 15.7. The van der Waals surface area contributed by atoms with Crippen LogP contribution in [0.25, 0.3) is 0 Å². The van der Waals surface area contributed by atoms with Gasteiger partial charge >= 0.3 is 0 Å². The molecule has 0 bridgehead atoms. The number of aromatic nitrogens is 1. The summed E-state index contributed by atoms with van der Waals surface area (Å²) in [5, 5.41) is 12.1. The smallest absolute Gasteiger partial charge is 0.140 e. The molecule has 1 fully saturated rings. The highest BCUT2D eigenvalue weighted by atomic mass is 15.3. The van der Waals surface area contributed by atoms with Crippen LogP contribution in [0.15, 0.2) is 18.3 Å². The van der Waals surface area contributed by atoms with Crippen LogP contribution in [0.1, 0.15) is 19.5 Å². The Hall–Kier alpha value is -1.64. The lowest BCUT2D eigenvalue weighted by molar-refractivity contribution is 0.126. The van der Waals surface area contributed by atoms with Gasteiger partial charge in [0.25, 0.3) is 0 Å². The molecule has 0 spiro atoms. The van der Waals surface area contributed by atoms with E-state index < -0.39 is 0 Å². The van der Waals surface area contributed by atoms with E-state index in [4.69, 9.17) is 5.26 Å². The van der Waals surface area contributed by atoms with Crippen LogP contribution >= 0.6 is 0 Å².